The lowest BCUT2D eigenvalue weighted by Crippen LogP contribution is -2.39. The minimum Gasteiger partial charge on any atom is -0.464 e. The Bertz CT molecular complexity index is 1280. The van der Waals surface area contributed by atoms with E-state index >= 15 is 0 Å². The molecule has 0 aliphatic heterocycles. The number of carbonyl (C=O) groups is 2. The third-order valence-electron chi connectivity index (χ3n) is 5.99. The first-order valence-electron chi connectivity index (χ1n) is 12.4. The number of aryl methyl sites for hydroxylation is 1. The molecule has 0 aromatic carbocycles. The Balaban J connectivity index is 1.52. The van der Waals surface area contributed by atoms with Crippen LogP contribution >= 0.6 is 0 Å². The zero-order valence-corrected chi connectivity index (χ0v) is 21.2. The second kappa shape index (κ2) is 11.3. The van der Waals surface area contributed by atoms with Crippen LogP contribution in [0.3, 0.4) is 0 Å². The number of pyridine rings is 3. The minimum atomic E-state index is -0.638. The number of Topliss-reactive ketones (excluding diaryl/α,β-unsaturated/α-hetero) is 1. The molecule has 8 heteroatoms. The number of allylic oxidation sites excluding steroid dienone is 2. The zero-order valence-electron chi connectivity index (χ0n) is 21.2. The van der Waals surface area contributed by atoms with Gasteiger partial charge in [-0.3, -0.25) is 14.8 Å². The molecule has 36 heavy (non-hydrogen) atoms. The Kier molecular flexibility index (Phi) is 7.93. The lowest BCUT2D eigenvalue weighted by atomic mass is 10.0. The number of hydrogen-bond donors (Lipinski definition) is 1. The molecule has 0 amide bonds. The first kappa shape index (κ1) is 25.3. The summed E-state index contributed by atoms with van der Waals surface area (Å²) in [7, 11) is 0. The van der Waals surface area contributed by atoms with Gasteiger partial charge >= 0.3 is 5.97 Å². The van der Waals surface area contributed by atoms with E-state index in [0.29, 0.717) is 48.9 Å². The van der Waals surface area contributed by atoms with E-state index in [1.165, 1.54) is 0 Å². The van der Waals surface area contributed by atoms with E-state index in [0.717, 1.165) is 27.7 Å². The fourth-order valence-electron chi connectivity index (χ4n) is 4.34. The quantitative estimate of drug-likeness (QED) is 0.404. The molecular weight excluding hydrogens is 456 g/mol. The molecule has 8 nitrogen and oxygen atoms in total. The Morgan fingerprint density at radius 3 is 2.69 bits per heavy atom. The largest absolute Gasteiger partial charge is 0.464 e. The van der Waals surface area contributed by atoms with Crippen LogP contribution < -0.4 is 10.1 Å². The lowest BCUT2D eigenvalue weighted by Gasteiger charge is -2.20. The van der Waals surface area contributed by atoms with E-state index in [-0.39, 0.29) is 18.4 Å². The number of carbonyl (C=O) groups excluding carboxylic acids is 2. The summed E-state index contributed by atoms with van der Waals surface area (Å²) < 4.78 is 11.3. The number of rotatable bonds is 10. The summed E-state index contributed by atoms with van der Waals surface area (Å²) in [5, 5.41) is 5.12. The van der Waals surface area contributed by atoms with Gasteiger partial charge in [0.2, 0.25) is 5.88 Å². The van der Waals surface area contributed by atoms with Gasteiger partial charge in [0, 0.05) is 47.9 Å². The second-order valence-electron chi connectivity index (χ2n) is 9.38. The Hall–Kier alpha value is -3.81. The number of aromatic nitrogens is 3. The average Bonchev–Trinajstić information content (AvgIpc) is 3.18. The normalized spacial score (nSPS) is 14.4. The number of esters is 1. The maximum atomic E-state index is 12.8. The monoisotopic (exact) mass is 488 g/mol. The van der Waals surface area contributed by atoms with Gasteiger partial charge in [0.1, 0.15) is 11.8 Å². The molecule has 1 unspecified atom stereocenters. The second-order valence-corrected chi connectivity index (χ2v) is 9.38. The van der Waals surface area contributed by atoms with Gasteiger partial charge in [-0.1, -0.05) is 13.8 Å². The van der Waals surface area contributed by atoms with Gasteiger partial charge < -0.3 is 14.8 Å². The minimum absolute atomic E-state index is 0.154. The van der Waals surface area contributed by atoms with E-state index in [4.69, 9.17) is 9.47 Å². The summed E-state index contributed by atoms with van der Waals surface area (Å²) in [4.78, 5) is 38.4. The summed E-state index contributed by atoms with van der Waals surface area (Å²) in [6.07, 6.45) is 7.18. The first-order valence-corrected chi connectivity index (χ1v) is 12.4. The first-order chi connectivity index (χ1) is 17.3. The van der Waals surface area contributed by atoms with Gasteiger partial charge in [-0.05, 0) is 62.3 Å². The average molecular weight is 489 g/mol. The molecule has 0 saturated carbocycles. The Labute approximate surface area is 211 Å². The van der Waals surface area contributed by atoms with Crippen molar-refractivity contribution in [3.8, 4) is 11.6 Å². The molecule has 3 aromatic heterocycles. The molecule has 3 heterocycles. The standard InChI is InChI=1S/C28H32N4O4/c1-5-35-28(34)25(32-24-8-9-26(33)22(24)12-17(2)3)14-20-6-7-21(15-30-20)36-27-23-16-29-11-10-19(23)13-18(4)31-27/h6-7,10-11,13,15-17,25,32H,5,8-9,12,14H2,1-4H3. The van der Waals surface area contributed by atoms with Gasteiger partial charge in [-0.15, -0.1) is 0 Å². The Morgan fingerprint density at radius 2 is 1.97 bits per heavy atom. The number of ketones is 1. The van der Waals surface area contributed by atoms with Crippen LogP contribution in [0.1, 0.15) is 51.4 Å². The van der Waals surface area contributed by atoms with E-state index < -0.39 is 6.04 Å². The third kappa shape index (κ3) is 6.05. The van der Waals surface area contributed by atoms with Crippen LogP contribution in [-0.2, 0) is 20.7 Å². The number of hydrogen-bond acceptors (Lipinski definition) is 8. The van der Waals surface area contributed by atoms with Gasteiger partial charge in [0.05, 0.1) is 18.2 Å². The molecule has 1 N–H and O–H groups in total. The molecule has 4 rings (SSSR count). The van der Waals surface area contributed by atoms with E-state index in [1.807, 2.05) is 25.1 Å². The molecule has 188 valence electrons. The van der Waals surface area contributed by atoms with Gasteiger partial charge in [0.15, 0.2) is 5.78 Å². The lowest BCUT2D eigenvalue weighted by molar-refractivity contribution is -0.145. The molecule has 0 radical (unpaired) electrons. The van der Waals surface area contributed by atoms with Gasteiger partial charge in [0.25, 0.3) is 0 Å². The van der Waals surface area contributed by atoms with Crippen molar-refractivity contribution in [1.29, 1.82) is 0 Å². The van der Waals surface area contributed by atoms with Crippen molar-refractivity contribution in [3.05, 3.63) is 65.5 Å². The van der Waals surface area contributed by atoms with Crippen molar-refractivity contribution >= 4 is 22.5 Å². The van der Waals surface area contributed by atoms with Crippen LogP contribution in [0.5, 0.6) is 11.6 Å². The maximum absolute atomic E-state index is 12.8. The highest BCUT2D eigenvalue weighted by Crippen LogP contribution is 2.29. The topological polar surface area (TPSA) is 103 Å². The summed E-state index contributed by atoms with van der Waals surface area (Å²) >= 11 is 0. The fraction of sp³-hybridized carbons (Fsp3) is 0.393. The predicted molar refractivity (Wildman–Crippen MR) is 137 cm³/mol. The summed E-state index contributed by atoms with van der Waals surface area (Å²) in [6, 6.07) is 6.89. The maximum Gasteiger partial charge on any atom is 0.328 e. The van der Waals surface area contributed by atoms with Gasteiger partial charge in [-0.2, -0.15) is 0 Å². The van der Waals surface area contributed by atoms with Crippen molar-refractivity contribution in [3.63, 3.8) is 0 Å². The van der Waals surface area contributed by atoms with Crippen LogP contribution in [-0.4, -0.2) is 39.4 Å². The van der Waals surface area contributed by atoms with Crippen molar-refractivity contribution in [2.75, 3.05) is 6.61 Å². The van der Waals surface area contributed by atoms with Gasteiger partial charge in [-0.25, -0.2) is 9.78 Å². The molecule has 0 fully saturated rings. The van der Waals surface area contributed by atoms with Crippen LogP contribution in [0.15, 0.2) is 54.1 Å². The Morgan fingerprint density at radius 1 is 1.14 bits per heavy atom. The number of ether oxygens (including phenoxy) is 2. The SMILES string of the molecule is CCOC(=O)C(Cc1ccc(Oc2nc(C)cc3ccncc23)cn1)NC1=C(CC(C)C)C(=O)CC1. The molecule has 0 bridgehead atoms. The molecular formula is C28H32N4O4. The van der Waals surface area contributed by atoms with E-state index in [9.17, 15) is 9.59 Å². The van der Waals surface area contributed by atoms with Crippen molar-refractivity contribution in [1.82, 2.24) is 20.3 Å². The highest BCUT2D eigenvalue weighted by Gasteiger charge is 2.28. The van der Waals surface area contributed by atoms with Crippen LogP contribution in [0.25, 0.3) is 10.8 Å². The summed E-state index contributed by atoms with van der Waals surface area (Å²) in [5.74, 6) is 1.14. The number of nitrogens with one attached hydrogen (secondary N) is 1. The van der Waals surface area contributed by atoms with Crippen LogP contribution in [0, 0.1) is 12.8 Å². The molecule has 3 aromatic rings. The molecule has 0 spiro atoms. The highest BCUT2D eigenvalue weighted by molar-refractivity contribution is 5.98. The van der Waals surface area contributed by atoms with E-state index in [2.05, 4.69) is 34.1 Å². The predicted octanol–water partition coefficient (Wildman–Crippen LogP) is 4.85. The van der Waals surface area contributed by atoms with Crippen molar-refractivity contribution in [2.24, 2.45) is 5.92 Å². The summed E-state index contributed by atoms with van der Waals surface area (Å²) in [6.45, 7) is 8.13. The molecule has 1 aliphatic carbocycles. The van der Waals surface area contributed by atoms with E-state index in [1.54, 1.807) is 31.6 Å². The summed E-state index contributed by atoms with van der Waals surface area (Å²) in [5.41, 5.74) is 3.18. The van der Waals surface area contributed by atoms with Crippen molar-refractivity contribution < 1.29 is 19.1 Å². The molecule has 1 aliphatic rings. The highest BCUT2D eigenvalue weighted by atomic mass is 16.5. The molecule has 0 saturated heterocycles. The molecule has 1 atom stereocenters. The van der Waals surface area contributed by atoms with Crippen LogP contribution in [0.2, 0.25) is 0 Å². The smallest absolute Gasteiger partial charge is 0.328 e. The van der Waals surface area contributed by atoms with Crippen molar-refractivity contribution in [2.45, 2.75) is 59.4 Å². The fourth-order valence-corrected chi connectivity index (χ4v) is 4.34. The zero-order chi connectivity index (χ0) is 25.7. The number of nitrogens with zero attached hydrogens (tertiary/aromatic N) is 3. The number of fused-ring (bicyclic) bond motifs is 1. The van der Waals surface area contributed by atoms with Crippen LogP contribution in [0.4, 0.5) is 0 Å². The third-order valence-corrected chi connectivity index (χ3v) is 5.99.